The van der Waals surface area contributed by atoms with E-state index in [0.717, 1.165) is 0 Å². The van der Waals surface area contributed by atoms with Crippen molar-refractivity contribution in [3.05, 3.63) is 46.5 Å². The van der Waals surface area contributed by atoms with Crippen LogP contribution in [0.5, 0.6) is 23.0 Å². The number of hydrogen-bond acceptors (Lipinski definition) is 7. The number of halogens is 1. The van der Waals surface area contributed by atoms with Gasteiger partial charge in [0.2, 0.25) is 0 Å². The predicted octanol–water partition coefficient (Wildman–Crippen LogP) is 3.50. The second-order valence-corrected chi connectivity index (χ2v) is 6.54. The Balaban J connectivity index is 1.72. The lowest BCUT2D eigenvalue weighted by Crippen LogP contribution is -2.19. The van der Waals surface area contributed by atoms with E-state index in [9.17, 15) is 4.79 Å². The highest BCUT2D eigenvalue weighted by Gasteiger charge is 2.22. The molecular weight excluding hydrogens is 398 g/mol. The molecule has 154 valence electrons. The third-order valence-corrected chi connectivity index (χ3v) is 4.78. The number of methoxy groups -OCH3 is 3. The monoisotopic (exact) mass is 419 g/mol. The minimum absolute atomic E-state index is 0.0718. The molecule has 0 amide bonds. The van der Waals surface area contributed by atoms with Crippen LogP contribution in [0.2, 0.25) is 5.02 Å². The van der Waals surface area contributed by atoms with Crippen molar-refractivity contribution in [2.75, 3.05) is 41.1 Å². The first kappa shape index (κ1) is 21.0. The van der Waals surface area contributed by atoms with Gasteiger partial charge in [0.05, 0.1) is 19.2 Å². The first-order chi connectivity index (χ1) is 14.1. The number of benzene rings is 2. The van der Waals surface area contributed by atoms with Crippen molar-refractivity contribution in [3.8, 4) is 23.0 Å². The normalized spacial score (nSPS) is 13.9. The van der Waals surface area contributed by atoms with Crippen molar-refractivity contribution >= 4 is 23.6 Å². The zero-order valence-electron chi connectivity index (χ0n) is 16.4. The first-order valence-electron chi connectivity index (χ1n) is 8.94. The molecule has 0 aromatic heterocycles. The van der Waals surface area contributed by atoms with Crippen LogP contribution in [-0.4, -0.2) is 53.1 Å². The quantitative estimate of drug-likeness (QED) is 0.609. The fourth-order valence-corrected chi connectivity index (χ4v) is 3.28. The number of carbonyl (C=O) groups excluding carboxylic acids is 1. The molecule has 7 nitrogen and oxygen atoms in total. The van der Waals surface area contributed by atoms with Gasteiger partial charge < -0.3 is 23.7 Å². The molecule has 0 fully saturated rings. The minimum atomic E-state index is -0.760. The van der Waals surface area contributed by atoms with Gasteiger partial charge in [0.1, 0.15) is 25.9 Å². The summed E-state index contributed by atoms with van der Waals surface area (Å²) in [5.74, 6) is 1.99. The van der Waals surface area contributed by atoms with Crippen LogP contribution in [0.15, 0.2) is 35.3 Å². The van der Waals surface area contributed by atoms with Crippen molar-refractivity contribution in [2.45, 2.75) is 6.10 Å². The molecule has 0 saturated heterocycles. The summed E-state index contributed by atoms with van der Waals surface area (Å²) in [7, 11) is 4.52. The molecule has 1 aliphatic heterocycles. The Morgan fingerprint density at radius 2 is 1.90 bits per heavy atom. The van der Waals surface area contributed by atoms with E-state index in [1.165, 1.54) is 27.5 Å². The van der Waals surface area contributed by atoms with Crippen molar-refractivity contribution in [1.29, 1.82) is 0 Å². The van der Waals surface area contributed by atoms with Gasteiger partial charge in [-0.25, -0.2) is 0 Å². The second kappa shape index (κ2) is 9.62. The smallest absolute Gasteiger partial charge is 0.187 e. The van der Waals surface area contributed by atoms with Gasteiger partial charge in [0.15, 0.2) is 28.8 Å². The number of aliphatic imine (C=N–C) groups is 1. The Kier molecular flexibility index (Phi) is 6.95. The van der Waals surface area contributed by atoms with E-state index in [-0.39, 0.29) is 12.3 Å². The summed E-state index contributed by atoms with van der Waals surface area (Å²) in [4.78, 5) is 16.9. The Hall–Kier alpha value is -2.77. The van der Waals surface area contributed by atoms with Crippen molar-refractivity contribution in [1.82, 2.24) is 0 Å². The Labute approximate surface area is 174 Å². The lowest BCUT2D eigenvalue weighted by atomic mass is 10.0. The van der Waals surface area contributed by atoms with Gasteiger partial charge in [-0.3, -0.25) is 9.79 Å². The summed E-state index contributed by atoms with van der Waals surface area (Å²) in [5.41, 5.74) is 1.30. The highest BCUT2D eigenvalue weighted by atomic mass is 35.5. The molecular formula is C21H22ClNO6. The summed E-state index contributed by atoms with van der Waals surface area (Å²) < 4.78 is 27.0. The van der Waals surface area contributed by atoms with Crippen LogP contribution in [0.1, 0.15) is 17.2 Å². The number of fused-ring (bicyclic) bond motifs is 1. The van der Waals surface area contributed by atoms with Gasteiger partial charge in [-0.2, -0.15) is 0 Å². The third kappa shape index (κ3) is 4.63. The molecule has 1 unspecified atom stereocenters. The van der Waals surface area contributed by atoms with Crippen LogP contribution >= 0.6 is 11.6 Å². The van der Waals surface area contributed by atoms with Crippen molar-refractivity contribution < 1.29 is 28.5 Å². The number of hydrogen-bond donors (Lipinski definition) is 0. The second-order valence-electron chi connectivity index (χ2n) is 6.16. The maximum atomic E-state index is 12.7. The maximum Gasteiger partial charge on any atom is 0.187 e. The number of nitrogens with zero attached hydrogens (tertiary/aromatic N) is 1. The summed E-state index contributed by atoms with van der Waals surface area (Å²) in [5, 5.41) is 0.359. The molecule has 0 aliphatic carbocycles. The van der Waals surface area contributed by atoms with Crippen molar-refractivity contribution in [3.63, 3.8) is 0 Å². The molecule has 2 aromatic carbocycles. The highest BCUT2D eigenvalue weighted by molar-refractivity contribution is 6.34. The highest BCUT2D eigenvalue weighted by Crippen LogP contribution is 2.37. The molecule has 0 bridgehead atoms. The first-order valence-corrected chi connectivity index (χ1v) is 9.32. The SMILES string of the molecule is COc1ccc(C=NCC(=O)C(OC)c2ccc3c(c2)OCCO3)c(Cl)c1OC. The molecule has 0 spiro atoms. The lowest BCUT2D eigenvalue weighted by molar-refractivity contribution is -0.127. The fraction of sp³-hybridized carbons (Fsp3) is 0.333. The third-order valence-electron chi connectivity index (χ3n) is 4.39. The van der Waals surface area contributed by atoms with E-state index in [2.05, 4.69) is 4.99 Å². The van der Waals surface area contributed by atoms with E-state index < -0.39 is 6.10 Å². The summed E-state index contributed by atoms with van der Waals surface area (Å²) >= 11 is 6.33. The number of carbonyl (C=O) groups is 1. The van der Waals surface area contributed by atoms with Gasteiger partial charge >= 0.3 is 0 Å². The van der Waals surface area contributed by atoms with E-state index in [1.54, 1.807) is 30.3 Å². The number of ether oxygens (including phenoxy) is 5. The van der Waals surface area contributed by atoms with Gasteiger partial charge in [-0.1, -0.05) is 17.7 Å². The average Bonchev–Trinajstić information content (AvgIpc) is 2.75. The lowest BCUT2D eigenvalue weighted by Gasteiger charge is -2.21. The zero-order valence-corrected chi connectivity index (χ0v) is 17.2. The van der Waals surface area contributed by atoms with Crippen LogP contribution in [-0.2, 0) is 9.53 Å². The maximum absolute atomic E-state index is 12.7. The molecule has 0 N–H and O–H groups in total. The van der Waals surface area contributed by atoms with Crippen LogP contribution in [0, 0.1) is 0 Å². The van der Waals surface area contributed by atoms with Gasteiger partial charge in [-0.15, -0.1) is 0 Å². The molecule has 0 radical (unpaired) electrons. The van der Waals surface area contributed by atoms with Crippen LogP contribution in [0.4, 0.5) is 0 Å². The van der Waals surface area contributed by atoms with Crippen molar-refractivity contribution in [2.24, 2.45) is 4.99 Å². The number of Topliss-reactive ketones (excluding diaryl/α,β-unsaturated/α-hetero) is 1. The van der Waals surface area contributed by atoms with Crippen LogP contribution in [0.25, 0.3) is 0 Å². The zero-order chi connectivity index (χ0) is 20.8. The van der Waals surface area contributed by atoms with E-state index >= 15 is 0 Å². The Morgan fingerprint density at radius 3 is 2.59 bits per heavy atom. The molecule has 0 saturated carbocycles. The van der Waals surface area contributed by atoms with Crippen LogP contribution in [0.3, 0.4) is 0 Å². The predicted molar refractivity (Wildman–Crippen MR) is 109 cm³/mol. The molecule has 1 aliphatic rings. The molecule has 29 heavy (non-hydrogen) atoms. The summed E-state index contributed by atoms with van der Waals surface area (Å²) in [6, 6.07) is 8.78. The number of ketones is 1. The van der Waals surface area contributed by atoms with E-state index in [4.69, 9.17) is 35.3 Å². The topological polar surface area (TPSA) is 75.6 Å². The largest absolute Gasteiger partial charge is 0.493 e. The summed E-state index contributed by atoms with van der Waals surface area (Å²) in [6.07, 6.45) is 0.766. The molecule has 2 aromatic rings. The summed E-state index contributed by atoms with van der Waals surface area (Å²) in [6.45, 7) is 0.905. The Bertz CT molecular complexity index is 914. The van der Waals surface area contributed by atoms with Gasteiger partial charge in [0, 0.05) is 18.9 Å². The molecule has 1 atom stereocenters. The van der Waals surface area contributed by atoms with Gasteiger partial charge in [-0.05, 0) is 29.8 Å². The van der Waals surface area contributed by atoms with Crippen LogP contribution < -0.4 is 18.9 Å². The number of rotatable bonds is 8. The molecule has 8 heteroatoms. The average molecular weight is 420 g/mol. The Morgan fingerprint density at radius 1 is 1.14 bits per heavy atom. The fourth-order valence-electron chi connectivity index (χ4n) is 3.00. The van der Waals surface area contributed by atoms with Gasteiger partial charge in [0.25, 0.3) is 0 Å². The molecule has 1 heterocycles. The van der Waals surface area contributed by atoms with E-state index in [0.29, 0.717) is 52.4 Å². The minimum Gasteiger partial charge on any atom is -0.493 e. The standard InChI is InChI=1S/C21H22ClNO6/c1-25-17-7-5-14(19(22)21(17)27-3)11-23-12-15(24)20(26-2)13-4-6-16-18(10-13)29-9-8-28-16/h4-7,10-11,20H,8-9,12H2,1-3H3. The van der Waals surface area contributed by atoms with E-state index in [1.807, 2.05) is 0 Å². The molecule has 3 rings (SSSR count).